The summed E-state index contributed by atoms with van der Waals surface area (Å²) in [6.07, 6.45) is 4.52. The first-order valence-electron chi connectivity index (χ1n) is 11.9. The normalized spacial score (nSPS) is 14.0. The van der Waals surface area contributed by atoms with Gasteiger partial charge in [-0.25, -0.2) is 20.4 Å². The average molecular weight is 505 g/mol. The number of anilines is 2. The van der Waals surface area contributed by atoms with E-state index in [0.717, 1.165) is 54.0 Å². The van der Waals surface area contributed by atoms with Gasteiger partial charge in [-0.3, -0.25) is 10.0 Å². The van der Waals surface area contributed by atoms with Gasteiger partial charge in [-0.05, 0) is 44.0 Å². The van der Waals surface area contributed by atoms with Crippen LogP contribution in [-0.2, 0) is 0 Å². The fourth-order valence-corrected chi connectivity index (χ4v) is 4.48. The van der Waals surface area contributed by atoms with Gasteiger partial charge in [0, 0.05) is 48.7 Å². The molecular formula is C26H28N6O5. The van der Waals surface area contributed by atoms with Crippen LogP contribution in [0.2, 0.25) is 0 Å². The topological polar surface area (TPSA) is 135 Å². The van der Waals surface area contributed by atoms with Crippen LogP contribution < -0.4 is 25.2 Å². The van der Waals surface area contributed by atoms with Crippen molar-refractivity contribution in [2.45, 2.75) is 25.8 Å². The van der Waals surface area contributed by atoms with E-state index in [1.165, 1.54) is 12.4 Å². The van der Waals surface area contributed by atoms with Crippen LogP contribution in [0.15, 0.2) is 47.1 Å². The fourth-order valence-electron chi connectivity index (χ4n) is 4.48. The van der Waals surface area contributed by atoms with Gasteiger partial charge in [-0.15, -0.1) is 0 Å². The molecule has 192 valence electrons. The Hall–Kier alpha value is -4.38. The molecule has 0 unspecified atom stereocenters. The molecular weight excluding hydrogens is 476 g/mol. The number of aromatic nitrogens is 3. The number of amides is 1. The zero-order chi connectivity index (χ0) is 25.9. The number of pyridine rings is 1. The number of aryl methyl sites for hydroxylation is 1. The SMILES string of the molecule is COc1cc2nc(-c3ccc(C)o3)cc(NC3CCN(c4ncc(C(=O)NO)cn4)CC3)c2cc1OC. The van der Waals surface area contributed by atoms with Gasteiger partial charge in [0.05, 0.1) is 25.3 Å². The van der Waals surface area contributed by atoms with Crippen molar-refractivity contribution in [2.75, 3.05) is 37.5 Å². The molecule has 0 aliphatic carbocycles. The Bertz CT molecular complexity index is 1410. The molecule has 1 amide bonds. The molecule has 1 aliphatic rings. The second-order valence-corrected chi connectivity index (χ2v) is 8.81. The van der Waals surface area contributed by atoms with Gasteiger partial charge in [0.2, 0.25) is 5.95 Å². The first-order valence-corrected chi connectivity index (χ1v) is 11.9. The van der Waals surface area contributed by atoms with Crippen LogP contribution in [0.1, 0.15) is 29.0 Å². The maximum atomic E-state index is 11.5. The highest BCUT2D eigenvalue weighted by molar-refractivity contribution is 5.96. The first-order chi connectivity index (χ1) is 18.0. The van der Waals surface area contributed by atoms with Crippen molar-refractivity contribution in [3.05, 3.63) is 54.0 Å². The molecule has 1 aromatic carbocycles. The fraction of sp³-hybridized carbons (Fsp3) is 0.308. The van der Waals surface area contributed by atoms with Crippen LogP contribution >= 0.6 is 0 Å². The van der Waals surface area contributed by atoms with Gasteiger partial charge in [-0.1, -0.05) is 0 Å². The van der Waals surface area contributed by atoms with Crippen LogP contribution in [-0.4, -0.2) is 59.4 Å². The number of furan rings is 1. The van der Waals surface area contributed by atoms with Crippen molar-refractivity contribution in [1.29, 1.82) is 0 Å². The zero-order valence-corrected chi connectivity index (χ0v) is 20.8. The molecule has 0 spiro atoms. The number of hydroxylamine groups is 1. The highest BCUT2D eigenvalue weighted by atomic mass is 16.5. The minimum atomic E-state index is -0.641. The van der Waals surface area contributed by atoms with E-state index in [1.54, 1.807) is 19.7 Å². The number of nitrogens with one attached hydrogen (secondary N) is 2. The smallest absolute Gasteiger partial charge is 0.277 e. The maximum absolute atomic E-state index is 11.5. The average Bonchev–Trinajstić information content (AvgIpc) is 3.38. The predicted octanol–water partition coefficient (Wildman–Crippen LogP) is 3.81. The van der Waals surface area contributed by atoms with Crippen molar-refractivity contribution in [2.24, 2.45) is 0 Å². The minimum absolute atomic E-state index is 0.196. The number of carbonyl (C=O) groups excluding carboxylic acids is 1. The van der Waals surface area contributed by atoms with E-state index < -0.39 is 5.91 Å². The van der Waals surface area contributed by atoms with Gasteiger partial charge in [0.25, 0.3) is 5.91 Å². The number of methoxy groups -OCH3 is 2. The van der Waals surface area contributed by atoms with Crippen LogP contribution in [0.4, 0.5) is 11.6 Å². The summed E-state index contributed by atoms with van der Waals surface area (Å²) in [5.74, 6) is 2.66. The van der Waals surface area contributed by atoms with Crippen LogP contribution in [0, 0.1) is 6.92 Å². The third-order valence-electron chi connectivity index (χ3n) is 6.45. The molecule has 0 saturated carbocycles. The maximum Gasteiger partial charge on any atom is 0.277 e. The zero-order valence-electron chi connectivity index (χ0n) is 20.8. The third-order valence-corrected chi connectivity index (χ3v) is 6.45. The largest absolute Gasteiger partial charge is 0.493 e. The Morgan fingerprint density at radius 2 is 1.78 bits per heavy atom. The van der Waals surface area contributed by atoms with Gasteiger partial charge < -0.3 is 24.1 Å². The summed E-state index contributed by atoms with van der Waals surface area (Å²) in [5.41, 5.74) is 4.21. The monoisotopic (exact) mass is 504 g/mol. The van der Waals surface area contributed by atoms with Gasteiger partial charge in [0.15, 0.2) is 17.3 Å². The van der Waals surface area contributed by atoms with E-state index in [-0.39, 0.29) is 11.6 Å². The molecule has 4 heterocycles. The molecule has 4 aromatic rings. The molecule has 3 aromatic heterocycles. The summed E-state index contributed by atoms with van der Waals surface area (Å²) in [6.45, 7) is 3.39. The van der Waals surface area contributed by atoms with Crippen molar-refractivity contribution in [1.82, 2.24) is 20.4 Å². The number of nitrogens with zero attached hydrogens (tertiary/aromatic N) is 4. The molecule has 3 N–H and O–H groups in total. The summed E-state index contributed by atoms with van der Waals surface area (Å²) in [5, 5.41) is 13.4. The van der Waals surface area contributed by atoms with E-state index in [2.05, 4.69) is 20.2 Å². The first kappa shape index (κ1) is 24.3. The molecule has 11 nitrogen and oxygen atoms in total. The van der Waals surface area contributed by atoms with Crippen molar-refractivity contribution in [3.63, 3.8) is 0 Å². The number of hydrogen-bond acceptors (Lipinski definition) is 10. The Morgan fingerprint density at radius 1 is 1.08 bits per heavy atom. The molecule has 1 fully saturated rings. The number of benzene rings is 1. The lowest BCUT2D eigenvalue weighted by molar-refractivity contribution is 0.0705. The quantitative estimate of drug-likeness (QED) is 0.252. The second kappa shape index (κ2) is 10.3. The van der Waals surface area contributed by atoms with Crippen LogP contribution in [0.5, 0.6) is 11.5 Å². The van der Waals surface area contributed by atoms with Gasteiger partial charge >= 0.3 is 0 Å². The Morgan fingerprint density at radius 3 is 2.41 bits per heavy atom. The number of piperidine rings is 1. The summed E-state index contributed by atoms with van der Waals surface area (Å²) in [6, 6.07) is 9.87. The lowest BCUT2D eigenvalue weighted by Crippen LogP contribution is -2.40. The van der Waals surface area contributed by atoms with E-state index >= 15 is 0 Å². The Balaban J connectivity index is 1.39. The highest BCUT2D eigenvalue weighted by Crippen LogP contribution is 2.37. The second-order valence-electron chi connectivity index (χ2n) is 8.81. The summed E-state index contributed by atoms with van der Waals surface area (Å²) in [4.78, 5) is 27.0. The molecule has 0 atom stereocenters. The lowest BCUT2D eigenvalue weighted by atomic mass is 10.0. The molecule has 11 heteroatoms. The molecule has 1 aliphatic heterocycles. The third kappa shape index (κ3) is 4.98. The molecule has 0 bridgehead atoms. The summed E-state index contributed by atoms with van der Waals surface area (Å²) >= 11 is 0. The highest BCUT2D eigenvalue weighted by Gasteiger charge is 2.23. The van der Waals surface area contributed by atoms with Gasteiger partial charge in [0.1, 0.15) is 11.5 Å². The minimum Gasteiger partial charge on any atom is -0.493 e. The molecule has 37 heavy (non-hydrogen) atoms. The van der Waals surface area contributed by atoms with Gasteiger partial charge in [-0.2, -0.15) is 0 Å². The standard InChI is InChI=1S/C26H28N6O5/c1-15-4-5-22(37-15)21-11-19(18-10-23(35-2)24(36-3)12-20(18)30-21)29-17-6-8-32(9-7-17)26-27-13-16(14-28-26)25(33)31-34/h4-5,10-14,17,34H,6-9H2,1-3H3,(H,29,30)(H,31,33). The summed E-state index contributed by atoms with van der Waals surface area (Å²) < 4.78 is 16.9. The predicted molar refractivity (Wildman–Crippen MR) is 137 cm³/mol. The number of rotatable bonds is 7. The number of hydrogen-bond donors (Lipinski definition) is 3. The van der Waals surface area contributed by atoms with Crippen molar-refractivity contribution in [3.8, 4) is 23.0 Å². The Kier molecular flexibility index (Phi) is 6.78. The number of carbonyl (C=O) groups is 1. The van der Waals surface area contributed by atoms with E-state index in [1.807, 2.05) is 37.3 Å². The molecule has 5 rings (SSSR count). The molecule has 0 radical (unpaired) electrons. The molecule has 1 saturated heterocycles. The Labute approximate surface area is 213 Å². The number of ether oxygens (including phenoxy) is 2. The lowest BCUT2D eigenvalue weighted by Gasteiger charge is -2.33. The van der Waals surface area contributed by atoms with E-state index in [9.17, 15) is 4.79 Å². The van der Waals surface area contributed by atoms with Crippen LogP contribution in [0.25, 0.3) is 22.4 Å². The van der Waals surface area contributed by atoms with E-state index in [4.69, 9.17) is 24.1 Å². The van der Waals surface area contributed by atoms with Crippen LogP contribution in [0.3, 0.4) is 0 Å². The number of fused-ring (bicyclic) bond motifs is 1. The summed E-state index contributed by atoms with van der Waals surface area (Å²) in [7, 11) is 3.22. The van der Waals surface area contributed by atoms with Crippen molar-refractivity contribution >= 4 is 28.4 Å². The van der Waals surface area contributed by atoms with E-state index in [0.29, 0.717) is 23.2 Å². The van der Waals surface area contributed by atoms with Crippen molar-refractivity contribution < 1.29 is 23.9 Å².